The Morgan fingerprint density at radius 1 is 1.04 bits per heavy atom. The first-order valence-corrected chi connectivity index (χ1v) is 9.11. The number of ether oxygens (including phenoxy) is 3. The van der Waals surface area contributed by atoms with Crippen LogP contribution in [0, 0.1) is 20.8 Å². The summed E-state index contributed by atoms with van der Waals surface area (Å²) in [6.07, 6.45) is -0.908. The lowest BCUT2D eigenvalue weighted by Gasteiger charge is -2.16. The van der Waals surface area contributed by atoms with E-state index in [1.807, 2.05) is 57.2 Å². The Bertz CT molecular complexity index is 806. The lowest BCUT2D eigenvalue weighted by Crippen LogP contribution is -2.36. The maximum absolute atomic E-state index is 12.1. The molecule has 2 aromatic rings. The van der Waals surface area contributed by atoms with Crippen molar-refractivity contribution in [2.75, 3.05) is 13.7 Å². The van der Waals surface area contributed by atoms with Crippen molar-refractivity contribution in [2.24, 2.45) is 0 Å². The van der Waals surface area contributed by atoms with E-state index in [0.717, 1.165) is 28.0 Å². The molecule has 28 heavy (non-hydrogen) atoms. The fourth-order valence-corrected chi connectivity index (χ4v) is 2.89. The minimum absolute atomic E-state index is 0.249. The molecule has 150 valence electrons. The molecule has 6 nitrogen and oxygen atoms in total. The molecule has 0 aliphatic rings. The molecule has 0 radical (unpaired) electrons. The third kappa shape index (κ3) is 6.01. The number of rotatable bonds is 8. The van der Waals surface area contributed by atoms with Gasteiger partial charge in [-0.1, -0.05) is 29.8 Å². The van der Waals surface area contributed by atoms with Gasteiger partial charge in [0, 0.05) is 6.54 Å². The van der Waals surface area contributed by atoms with E-state index in [-0.39, 0.29) is 12.5 Å². The molecule has 1 N–H and O–H groups in total. The molecule has 0 aromatic heterocycles. The Kier molecular flexibility index (Phi) is 7.44. The maximum atomic E-state index is 12.1. The fraction of sp³-hybridized carbons (Fsp3) is 0.364. The Labute approximate surface area is 165 Å². The van der Waals surface area contributed by atoms with Gasteiger partial charge in [0.15, 0.2) is 12.7 Å². The monoisotopic (exact) mass is 385 g/mol. The van der Waals surface area contributed by atoms with E-state index in [4.69, 9.17) is 14.2 Å². The number of aryl methyl sites for hydroxylation is 3. The van der Waals surface area contributed by atoms with Crippen LogP contribution in [-0.2, 0) is 20.9 Å². The Morgan fingerprint density at radius 3 is 2.21 bits per heavy atom. The highest BCUT2D eigenvalue weighted by atomic mass is 16.6. The van der Waals surface area contributed by atoms with Crippen LogP contribution in [0.3, 0.4) is 0 Å². The van der Waals surface area contributed by atoms with Gasteiger partial charge in [0.1, 0.15) is 11.5 Å². The van der Waals surface area contributed by atoms with E-state index in [1.165, 1.54) is 6.92 Å². The molecular weight excluding hydrogens is 358 g/mol. The summed E-state index contributed by atoms with van der Waals surface area (Å²) in [5, 5.41) is 2.74. The average molecular weight is 385 g/mol. The second-order valence-corrected chi connectivity index (χ2v) is 6.71. The van der Waals surface area contributed by atoms with Crippen molar-refractivity contribution in [3.63, 3.8) is 0 Å². The fourth-order valence-electron chi connectivity index (χ4n) is 2.89. The van der Waals surface area contributed by atoms with Crippen molar-refractivity contribution < 1.29 is 23.8 Å². The summed E-state index contributed by atoms with van der Waals surface area (Å²) >= 11 is 0. The number of esters is 1. The third-order valence-corrected chi connectivity index (χ3v) is 4.24. The van der Waals surface area contributed by atoms with Gasteiger partial charge in [-0.15, -0.1) is 0 Å². The number of hydrogen-bond acceptors (Lipinski definition) is 5. The normalized spacial score (nSPS) is 11.5. The quantitative estimate of drug-likeness (QED) is 0.706. The first-order valence-electron chi connectivity index (χ1n) is 9.11. The van der Waals surface area contributed by atoms with E-state index in [9.17, 15) is 9.59 Å². The molecule has 6 heteroatoms. The molecule has 0 heterocycles. The Morgan fingerprint density at radius 2 is 1.64 bits per heavy atom. The zero-order valence-corrected chi connectivity index (χ0v) is 17.0. The number of benzene rings is 2. The van der Waals surface area contributed by atoms with Crippen LogP contribution >= 0.6 is 0 Å². The van der Waals surface area contributed by atoms with E-state index >= 15 is 0 Å². The van der Waals surface area contributed by atoms with Gasteiger partial charge >= 0.3 is 5.97 Å². The molecule has 0 aliphatic carbocycles. The van der Waals surface area contributed by atoms with Crippen LogP contribution in [0.2, 0.25) is 0 Å². The summed E-state index contributed by atoms with van der Waals surface area (Å²) in [7, 11) is 1.60. The van der Waals surface area contributed by atoms with Gasteiger partial charge < -0.3 is 19.5 Å². The van der Waals surface area contributed by atoms with Crippen LogP contribution in [0.25, 0.3) is 0 Å². The van der Waals surface area contributed by atoms with Crippen LogP contribution in [0.1, 0.15) is 29.2 Å². The van der Waals surface area contributed by atoms with Crippen molar-refractivity contribution >= 4 is 11.9 Å². The minimum Gasteiger partial charge on any atom is -0.497 e. The number of carbonyl (C=O) groups is 2. The molecule has 1 amide bonds. The molecule has 0 saturated heterocycles. The van der Waals surface area contributed by atoms with Gasteiger partial charge in [0.05, 0.1) is 7.11 Å². The number of methoxy groups -OCH3 is 1. The highest BCUT2D eigenvalue weighted by molar-refractivity contribution is 5.83. The molecule has 2 aromatic carbocycles. The number of carbonyl (C=O) groups excluding carboxylic acids is 2. The molecule has 2 rings (SSSR count). The molecule has 0 fully saturated rings. The zero-order valence-electron chi connectivity index (χ0n) is 17.0. The SMILES string of the molecule is COc1ccc(CNC(=O)C(C)OC(=O)COc2c(C)cc(C)cc2C)cc1. The summed E-state index contributed by atoms with van der Waals surface area (Å²) in [4.78, 5) is 24.2. The Hall–Kier alpha value is -3.02. The van der Waals surface area contributed by atoms with Gasteiger partial charge in [-0.2, -0.15) is 0 Å². The molecule has 0 bridgehead atoms. The summed E-state index contributed by atoms with van der Waals surface area (Å²) in [6.45, 7) is 7.48. The summed E-state index contributed by atoms with van der Waals surface area (Å²) in [5.74, 6) is 0.453. The number of hydrogen-bond donors (Lipinski definition) is 1. The molecule has 0 spiro atoms. The maximum Gasteiger partial charge on any atom is 0.344 e. The predicted octanol–water partition coefficient (Wildman–Crippen LogP) is 3.25. The summed E-state index contributed by atoms with van der Waals surface area (Å²) < 4.78 is 15.9. The molecule has 1 unspecified atom stereocenters. The Balaban J connectivity index is 1.80. The lowest BCUT2D eigenvalue weighted by atomic mass is 10.1. The van der Waals surface area contributed by atoms with Crippen molar-refractivity contribution in [1.82, 2.24) is 5.32 Å². The van der Waals surface area contributed by atoms with Gasteiger partial charge in [-0.05, 0) is 56.5 Å². The van der Waals surface area contributed by atoms with Crippen molar-refractivity contribution in [3.8, 4) is 11.5 Å². The topological polar surface area (TPSA) is 73.9 Å². The van der Waals surface area contributed by atoms with Crippen LogP contribution in [0.5, 0.6) is 11.5 Å². The van der Waals surface area contributed by atoms with Crippen LogP contribution in [0.4, 0.5) is 0 Å². The second kappa shape index (κ2) is 9.78. The largest absolute Gasteiger partial charge is 0.497 e. The summed E-state index contributed by atoms with van der Waals surface area (Å²) in [6, 6.07) is 11.3. The lowest BCUT2D eigenvalue weighted by molar-refractivity contribution is -0.156. The van der Waals surface area contributed by atoms with E-state index in [1.54, 1.807) is 7.11 Å². The average Bonchev–Trinajstić information content (AvgIpc) is 2.65. The smallest absolute Gasteiger partial charge is 0.344 e. The predicted molar refractivity (Wildman–Crippen MR) is 107 cm³/mol. The first kappa shape index (κ1) is 21.3. The van der Waals surface area contributed by atoms with Gasteiger partial charge in [-0.3, -0.25) is 4.79 Å². The van der Waals surface area contributed by atoms with Crippen LogP contribution in [-0.4, -0.2) is 31.7 Å². The van der Waals surface area contributed by atoms with Gasteiger partial charge in [0.25, 0.3) is 5.91 Å². The van der Waals surface area contributed by atoms with E-state index in [2.05, 4.69) is 5.32 Å². The number of nitrogens with one attached hydrogen (secondary N) is 1. The van der Waals surface area contributed by atoms with E-state index < -0.39 is 12.1 Å². The molecule has 0 aliphatic heterocycles. The highest BCUT2D eigenvalue weighted by Gasteiger charge is 2.18. The summed E-state index contributed by atoms with van der Waals surface area (Å²) in [5.41, 5.74) is 3.96. The molecular formula is C22H27NO5. The van der Waals surface area contributed by atoms with Crippen molar-refractivity contribution in [3.05, 3.63) is 58.7 Å². The zero-order chi connectivity index (χ0) is 20.7. The van der Waals surface area contributed by atoms with Gasteiger partial charge in [0.2, 0.25) is 0 Å². The first-order chi connectivity index (χ1) is 13.3. The van der Waals surface area contributed by atoms with Crippen LogP contribution < -0.4 is 14.8 Å². The minimum atomic E-state index is -0.908. The van der Waals surface area contributed by atoms with E-state index in [0.29, 0.717) is 12.3 Å². The second-order valence-electron chi connectivity index (χ2n) is 6.71. The van der Waals surface area contributed by atoms with Crippen LogP contribution in [0.15, 0.2) is 36.4 Å². The standard InChI is InChI=1S/C22H27NO5/c1-14-10-15(2)21(16(3)11-14)27-13-20(24)28-17(4)22(25)23-12-18-6-8-19(26-5)9-7-18/h6-11,17H,12-13H2,1-5H3,(H,23,25). The van der Waals surface area contributed by atoms with Crippen molar-refractivity contribution in [2.45, 2.75) is 40.3 Å². The van der Waals surface area contributed by atoms with Crippen molar-refractivity contribution in [1.29, 1.82) is 0 Å². The number of amides is 1. The van der Waals surface area contributed by atoms with Gasteiger partial charge in [-0.25, -0.2) is 4.79 Å². The molecule has 1 atom stereocenters. The third-order valence-electron chi connectivity index (χ3n) is 4.24. The highest BCUT2D eigenvalue weighted by Crippen LogP contribution is 2.24. The molecule has 0 saturated carbocycles.